The number of hydrogen-bond acceptors (Lipinski definition) is 10. The molecule has 0 radical (unpaired) electrons. The molecule has 1 aromatic heterocycles. The molecule has 0 amide bonds. The maximum absolute atomic E-state index is 14.3. The van der Waals surface area contributed by atoms with Crippen LogP contribution in [0.25, 0.3) is 6.08 Å². The number of allylic oxidation sites excluding steroid dienone is 1. The number of benzene rings is 2. The van der Waals surface area contributed by atoms with Crippen molar-refractivity contribution in [1.29, 1.82) is 0 Å². The van der Waals surface area contributed by atoms with E-state index < -0.39 is 16.9 Å². The van der Waals surface area contributed by atoms with Crippen molar-refractivity contribution in [2.45, 2.75) is 32.7 Å². The molecule has 2 aromatic carbocycles. The molecule has 1 fully saturated rings. The highest BCUT2D eigenvalue weighted by atomic mass is 79.9. The molecule has 2 aliphatic heterocycles. The normalized spacial score (nSPS) is 17.0. The van der Waals surface area contributed by atoms with Crippen molar-refractivity contribution in [1.82, 2.24) is 4.57 Å². The van der Waals surface area contributed by atoms with E-state index >= 15 is 0 Å². The minimum absolute atomic E-state index is 0.0809. The first-order valence-electron chi connectivity index (χ1n) is 13.9. The number of halogens is 1. The van der Waals surface area contributed by atoms with Crippen molar-refractivity contribution in [3.63, 3.8) is 0 Å². The maximum atomic E-state index is 14.3. The number of hydrogen-bond donors (Lipinski definition) is 0. The van der Waals surface area contributed by atoms with Gasteiger partial charge in [-0.15, -0.1) is 0 Å². The van der Waals surface area contributed by atoms with E-state index in [1.807, 2.05) is 19.1 Å². The Hall–Kier alpha value is -3.81. The number of thiazole rings is 1. The summed E-state index contributed by atoms with van der Waals surface area (Å²) < 4.78 is 19.2. The minimum atomic E-state index is -0.865. The van der Waals surface area contributed by atoms with Crippen LogP contribution in [0.5, 0.6) is 5.75 Å². The summed E-state index contributed by atoms with van der Waals surface area (Å²) in [7, 11) is 1.53. The summed E-state index contributed by atoms with van der Waals surface area (Å²) in [6.07, 6.45) is 2.89. The number of ether oxygens (including phenoxy) is 3. The first-order valence-corrected chi connectivity index (χ1v) is 15.5. The smallest absolute Gasteiger partial charge is 0.338 e. The molecule has 0 saturated carbocycles. The number of carbonyl (C=O) groups is 1. The summed E-state index contributed by atoms with van der Waals surface area (Å²) in [6.45, 7) is 6.18. The van der Waals surface area contributed by atoms with Crippen LogP contribution in [-0.2, 0) is 14.3 Å². The van der Waals surface area contributed by atoms with Gasteiger partial charge >= 0.3 is 5.97 Å². The van der Waals surface area contributed by atoms with Gasteiger partial charge in [0.2, 0.25) is 0 Å². The van der Waals surface area contributed by atoms with E-state index in [0.29, 0.717) is 64.6 Å². The number of aromatic nitrogens is 1. The molecule has 11 nitrogen and oxygen atoms in total. The molecular formula is C30H31BrN4O7S. The second-order valence-electron chi connectivity index (χ2n) is 9.90. The van der Waals surface area contributed by atoms with E-state index in [9.17, 15) is 19.7 Å². The Kier molecular flexibility index (Phi) is 9.43. The van der Waals surface area contributed by atoms with Crippen LogP contribution in [0.15, 0.2) is 61.9 Å². The van der Waals surface area contributed by atoms with Gasteiger partial charge in [-0.25, -0.2) is 9.79 Å². The molecule has 3 heterocycles. The van der Waals surface area contributed by atoms with Gasteiger partial charge in [-0.05, 0) is 43.7 Å². The van der Waals surface area contributed by atoms with E-state index in [1.165, 1.54) is 35.1 Å². The molecule has 1 atom stereocenters. The van der Waals surface area contributed by atoms with Gasteiger partial charge in [0.1, 0.15) is 11.8 Å². The molecule has 2 aliphatic rings. The Balaban J connectivity index is 1.79. The van der Waals surface area contributed by atoms with Gasteiger partial charge in [-0.1, -0.05) is 40.6 Å². The first kappa shape index (κ1) is 30.6. The highest BCUT2D eigenvalue weighted by Crippen LogP contribution is 2.38. The summed E-state index contributed by atoms with van der Waals surface area (Å²) in [5.41, 5.74) is 2.27. The molecule has 226 valence electrons. The van der Waals surface area contributed by atoms with Crippen molar-refractivity contribution >= 4 is 50.7 Å². The number of nitro benzene ring substituents is 1. The molecule has 0 N–H and O–H groups in total. The number of methoxy groups -OCH3 is 1. The molecule has 0 aliphatic carbocycles. The Morgan fingerprint density at radius 2 is 2.00 bits per heavy atom. The lowest BCUT2D eigenvalue weighted by Crippen LogP contribution is -2.40. The van der Waals surface area contributed by atoms with Gasteiger partial charge in [0.25, 0.3) is 11.2 Å². The zero-order valence-electron chi connectivity index (χ0n) is 24.0. The Morgan fingerprint density at radius 1 is 1.23 bits per heavy atom. The van der Waals surface area contributed by atoms with Crippen molar-refractivity contribution in [2.75, 3.05) is 44.9 Å². The van der Waals surface area contributed by atoms with Crippen LogP contribution in [0.1, 0.15) is 43.9 Å². The predicted octanol–water partition coefficient (Wildman–Crippen LogP) is 4.09. The monoisotopic (exact) mass is 670 g/mol. The topological polar surface area (TPSA) is 125 Å². The number of anilines is 1. The zero-order valence-corrected chi connectivity index (χ0v) is 26.4. The largest absolute Gasteiger partial charge is 0.496 e. The van der Waals surface area contributed by atoms with Gasteiger partial charge in [-0.3, -0.25) is 19.5 Å². The SMILES string of the molecule is CCCC1=C(C(=O)OCC)[C@H](c2cc(Br)ccc2OC)n2c(s/c(=C/c3cc([N+](=O)[O-])ccc3N3CCOCC3)c2=O)=N1. The third-order valence-electron chi connectivity index (χ3n) is 7.24. The number of nitrogens with zero attached hydrogens (tertiary/aromatic N) is 4. The maximum Gasteiger partial charge on any atom is 0.338 e. The number of nitro groups is 1. The van der Waals surface area contributed by atoms with Crippen molar-refractivity contribution < 1.29 is 23.9 Å². The number of fused-ring (bicyclic) bond motifs is 1. The fourth-order valence-electron chi connectivity index (χ4n) is 5.34. The molecule has 1 saturated heterocycles. The van der Waals surface area contributed by atoms with Crippen molar-refractivity contribution in [3.8, 4) is 5.75 Å². The van der Waals surface area contributed by atoms with Crippen LogP contribution in [-0.4, -0.2) is 55.5 Å². The fourth-order valence-corrected chi connectivity index (χ4v) is 6.73. The van der Waals surface area contributed by atoms with Crippen LogP contribution in [0.2, 0.25) is 0 Å². The lowest BCUT2D eigenvalue weighted by Gasteiger charge is -2.30. The van der Waals surface area contributed by atoms with Crippen LogP contribution < -0.4 is 24.5 Å². The summed E-state index contributed by atoms with van der Waals surface area (Å²) in [4.78, 5) is 46.3. The predicted molar refractivity (Wildman–Crippen MR) is 166 cm³/mol. The molecule has 0 bridgehead atoms. The third-order valence-corrected chi connectivity index (χ3v) is 8.72. The summed E-state index contributed by atoms with van der Waals surface area (Å²) in [6, 6.07) is 9.20. The summed E-state index contributed by atoms with van der Waals surface area (Å²) in [5.74, 6) is -0.0556. The quantitative estimate of drug-likeness (QED) is 0.189. The van der Waals surface area contributed by atoms with E-state index in [-0.39, 0.29) is 23.4 Å². The van der Waals surface area contributed by atoms with Crippen molar-refractivity contribution in [3.05, 3.63) is 93.1 Å². The van der Waals surface area contributed by atoms with Gasteiger partial charge in [-0.2, -0.15) is 0 Å². The third kappa shape index (κ3) is 6.15. The van der Waals surface area contributed by atoms with E-state index in [2.05, 4.69) is 20.8 Å². The number of morpholine rings is 1. The Labute approximate surface area is 260 Å². The molecule has 43 heavy (non-hydrogen) atoms. The molecule has 0 spiro atoms. The second kappa shape index (κ2) is 13.2. The highest BCUT2D eigenvalue weighted by molar-refractivity contribution is 9.10. The molecule has 0 unspecified atom stereocenters. The summed E-state index contributed by atoms with van der Waals surface area (Å²) >= 11 is 4.70. The number of carbonyl (C=O) groups excluding carboxylic acids is 1. The van der Waals surface area contributed by atoms with Gasteiger partial charge < -0.3 is 19.1 Å². The fraction of sp³-hybridized carbons (Fsp3) is 0.367. The van der Waals surface area contributed by atoms with Gasteiger partial charge in [0.15, 0.2) is 4.80 Å². The lowest BCUT2D eigenvalue weighted by molar-refractivity contribution is -0.384. The lowest BCUT2D eigenvalue weighted by atomic mass is 9.93. The molecular weight excluding hydrogens is 640 g/mol. The van der Waals surface area contributed by atoms with Gasteiger partial charge in [0, 0.05) is 46.5 Å². The average Bonchev–Trinajstić information content (AvgIpc) is 3.31. The van der Waals surface area contributed by atoms with Gasteiger partial charge in [0.05, 0.1) is 47.7 Å². The molecule has 3 aromatic rings. The standard InChI is InChI=1S/C30H31BrN4O7S/c1-4-6-22-26(29(37)42-5-2)27(21-17-19(31)7-10-24(21)40-3)34-28(36)25(43-30(34)32-22)16-18-15-20(35(38)39)8-9-23(18)33-11-13-41-14-12-33/h7-10,15-17,27H,4-6,11-14H2,1-3H3/b25-16+/t27-/m0/s1. The Bertz CT molecular complexity index is 1780. The zero-order chi connectivity index (χ0) is 30.7. The minimum Gasteiger partial charge on any atom is -0.496 e. The van der Waals surface area contributed by atoms with E-state index in [4.69, 9.17) is 19.2 Å². The van der Waals surface area contributed by atoms with Crippen LogP contribution in [0.4, 0.5) is 11.4 Å². The number of rotatable bonds is 9. The molecule has 13 heteroatoms. The van der Waals surface area contributed by atoms with Crippen molar-refractivity contribution in [2.24, 2.45) is 4.99 Å². The first-order chi connectivity index (χ1) is 20.8. The average molecular weight is 672 g/mol. The number of non-ortho nitro benzene ring substituents is 1. The van der Waals surface area contributed by atoms with Crippen LogP contribution in [0, 0.1) is 10.1 Å². The van der Waals surface area contributed by atoms with Crippen LogP contribution >= 0.6 is 27.3 Å². The summed E-state index contributed by atoms with van der Waals surface area (Å²) in [5, 5.41) is 11.7. The van der Waals surface area contributed by atoms with Crippen LogP contribution in [0.3, 0.4) is 0 Å². The Morgan fingerprint density at radius 3 is 2.67 bits per heavy atom. The molecule has 5 rings (SSSR count). The second-order valence-corrected chi connectivity index (χ2v) is 11.8. The number of esters is 1. The highest BCUT2D eigenvalue weighted by Gasteiger charge is 2.36. The van der Waals surface area contributed by atoms with E-state index in [0.717, 1.165) is 16.6 Å². The van der Waals surface area contributed by atoms with E-state index in [1.54, 1.807) is 25.1 Å².